The molecule has 0 amide bonds. The number of carboxylic acids is 1. The molecule has 0 aliphatic heterocycles. The molecule has 0 bridgehead atoms. The Morgan fingerprint density at radius 3 is 2.64 bits per heavy atom. The number of ketones is 1. The molecule has 0 saturated carbocycles. The number of hydrogen-bond acceptors (Lipinski definition) is 5. The van der Waals surface area contributed by atoms with Crippen molar-refractivity contribution in [2.24, 2.45) is 5.92 Å². The number of hydrogen-bond donors (Lipinski definition) is 2. The summed E-state index contributed by atoms with van der Waals surface area (Å²) in [5, 5.41) is 20.1. The Kier molecular flexibility index (Phi) is 4.18. The van der Waals surface area contributed by atoms with Gasteiger partial charge >= 0.3 is 11.7 Å². The molecular weight excluding hydrogens is 312 g/mol. The topological polar surface area (TPSA) is 124 Å². The zero-order chi connectivity index (χ0) is 16.6. The van der Waals surface area contributed by atoms with Crippen LogP contribution in [0.1, 0.15) is 35.7 Å². The van der Waals surface area contributed by atoms with E-state index in [4.69, 9.17) is 22.4 Å². The highest BCUT2D eigenvalue weighted by Crippen LogP contribution is 2.41. The zero-order valence-corrected chi connectivity index (χ0v) is 12.4. The van der Waals surface area contributed by atoms with E-state index < -0.39 is 27.8 Å². The summed E-state index contributed by atoms with van der Waals surface area (Å²) in [6.45, 7) is 1.88. The third-order valence-electron chi connectivity index (χ3n) is 3.48. The second-order valence-electron chi connectivity index (χ2n) is 5.26. The average Bonchev–Trinajstić information content (AvgIpc) is 2.39. The van der Waals surface area contributed by atoms with Gasteiger partial charge < -0.3 is 10.8 Å². The van der Waals surface area contributed by atoms with Gasteiger partial charge in [0.2, 0.25) is 0 Å². The predicted molar refractivity (Wildman–Crippen MR) is 80.9 cm³/mol. The van der Waals surface area contributed by atoms with Crippen molar-refractivity contribution >= 4 is 40.3 Å². The van der Waals surface area contributed by atoms with Gasteiger partial charge in [0.05, 0.1) is 9.95 Å². The molecule has 1 unspecified atom stereocenters. The van der Waals surface area contributed by atoms with Gasteiger partial charge in [-0.15, -0.1) is 0 Å². The summed E-state index contributed by atoms with van der Waals surface area (Å²) in [6.07, 6.45) is 2.30. The van der Waals surface area contributed by atoms with Crippen molar-refractivity contribution in [1.29, 1.82) is 0 Å². The third kappa shape index (κ3) is 2.80. The number of carbonyl (C=O) groups is 2. The minimum Gasteiger partial charge on any atom is -0.477 e. The highest BCUT2D eigenvalue weighted by atomic mass is 35.5. The molecule has 0 aromatic heterocycles. The van der Waals surface area contributed by atoms with Crippen LogP contribution in [0.5, 0.6) is 0 Å². The number of nitrogen functional groups attached to an aromatic ring is 1. The number of nitrogens with two attached hydrogens (primary N) is 1. The van der Waals surface area contributed by atoms with Crippen molar-refractivity contribution in [3.63, 3.8) is 0 Å². The largest absolute Gasteiger partial charge is 0.477 e. The van der Waals surface area contributed by atoms with Crippen molar-refractivity contribution < 1.29 is 19.6 Å². The molecule has 3 N–H and O–H groups in total. The zero-order valence-electron chi connectivity index (χ0n) is 11.6. The van der Waals surface area contributed by atoms with Crippen molar-refractivity contribution in [3.05, 3.63) is 38.4 Å². The smallest absolute Gasteiger partial charge is 0.342 e. The van der Waals surface area contributed by atoms with E-state index in [1.54, 1.807) is 0 Å². The number of carbonyl (C=O) groups excluding carboxylic acids is 1. The fourth-order valence-corrected chi connectivity index (χ4v) is 2.82. The van der Waals surface area contributed by atoms with Crippen LogP contribution in [0.3, 0.4) is 0 Å². The van der Waals surface area contributed by atoms with Gasteiger partial charge in [0.15, 0.2) is 5.78 Å². The normalized spacial score (nSPS) is 18.0. The van der Waals surface area contributed by atoms with Gasteiger partial charge in [-0.1, -0.05) is 18.5 Å². The minimum atomic E-state index is -1.48. The van der Waals surface area contributed by atoms with Crippen LogP contribution in [0.4, 0.5) is 11.4 Å². The number of nitro benzene ring substituents is 1. The number of nitrogens with zero attached hydrogens (tertiary/aromatic N) is 1. The first kappa shape index (κ1) is 16.0. The number of rotatable bonds is 3. The maximum atomic E-state index is 11.7. The Labute approximate surface area is 130 Å². The Hall–Kier alpha value is -2.41. The first-order valence-electron chi connectivity index (χ1n) is 6.45. The van der Waals surface area contributed by atoms with E-state index in [0.29, 0.717) is 18.4 Å². The third-order valence-corrected chi connectivity index (χ3v) is 3.89. The lowest BCUT2D eigenvalue weighted by molar-refractivity contribution is -0.384. The van der Waals surface area contributed by atoms with Crippen LogP contribution in [-0.4, -0.2) is 21.8 Å². The summed E-state index contributed by atoms with van der Waals surface area (Å²) >= 11 is 6.07. The first-order chi connectivity index (χ1) is 10.2. The van der Waals surface area contributed by atoms with Crippen LogP contribution < -0.4 is 5.73 Å². The van der Waals surface area contributed by atoms with E-state index in [2.05, 4.69) is 0 Å². The van der Waals surface area contributed by atoms with Crippen molar-refractivity contribution in [3.8, 4) is 0 Å². The number of allylic oxidation sites excluding steroid dienone is 2. The fraction of sp³-hybridized carbons (Fsp3) is 0.286. The van der Waals surface area contributed by atoms with Gasteiger partial charge in [0, 0.05) is 6.42 Å². The molecule has 22 heavy (non-hydrogen) atoms. The summed E-state index contributed by atoms with van der Waals surface area (Å²) in [6, 6.07) is 1.11. The van der Waals surface area contributed by atoms with Crippen LogP contribution in [-0.2, 0) is 4.79 Å². The maximum Gasteiger partial charge on any atom is 0.342 e. The predicted octanol–water partition coefficient (Wildman–Crippen LogP) is 2.91. The van der Waals surface area contributed by atoms with Gasteiger partial charge in [0.1, 0.15) is 11.3 Å². The van der Waals surface area contributed by atoms with Gasteiger partial charge in [-0.3, -0.25) is 14.9 Å². The number of nitro groups is 1. The van der Waals surface area contributed by atoms with Crippen molar-refractivity contribution in [1.82, 2.24) is 0 Å². The van der Waals surface area contributed by atoms with Crippen molar-refractivity contribution in [2.75, 3.05) is 5.73 Å². The second-order valence-corrected chi connectivity index (χ2v) is 5.64. The Bertz CT molecular complexity index is 726. The van der Waals surface area contributed by atoms with Crippen LogP contribution >= 0.6 is 11.6 Å². The molecule has 0 heterocycles. The maximum absolute atomic E-state index is 11.7. The number of carboxylic acid groups (broad SMARTS) is 1. The Balaban J connectivity index is 2.71. The molecule has 0 radical (unpaired) electrons. The molecule has 116 valence electrons. The molecule has 1 aromatic carbocycles. The molecule has 1 atom stereocenters. The molecule has 7 nitrogen and oxygen atoms in total. The monoisotopic (exact) mass is 324 g/mol. The van der Waals surface area contributed by atoms with Crippen LogP contribution in [0.25, 0.3) is 5.57 Å². The van der Waals surface area contributed by atoms with Gasteiger partial charge in [-0.05, 0) is 35.6 Å². The van der Waals surface area contributed by atoms with E-state index in [0.717, 1.165) is 6.07 Å². The number of halogens is 1. The molecule has 0 saturated heterocycles. The molecule has 8 heteroatoms. The Morgan fingerprint density at radius 1 is 1.50 bits per heavy atom. The van der Waals surface area contributed by atoms with Crippen LogP contribution in [0, 0.1) is 16.0 Å². The quantitative estimate of drug-likeness (QED) is 0.500. The lowest BCUT2D eigenvalue weighted by Crippen LogP contribution is -2.13. The molecule has 2 rings (SSSR count). The second kappa shape index (κ2) is 5.76. The first-order valence-corrected chi connectivity index (χ1v) is 6.83. The average molecular weight is 325 g/mol. The molecule has 1 aliphatic carbocycles. The number of anilines is 1. The molecule has 0 fully saturated rings. The lowest BCUT2D eigenvalue weighted by Gasteiger charge is -2.20. The van der Waals surface area contributed by atoms with E-state index >= 15 is 0 Å². The van der Waals surface area contributed by atoms with E-state index in [1.165, 1.54) is 6.08 Å². The molecule has 1 aromatic rings. The van der Waals surface area contributed by atoms with Crippen molar-refractivity contribution in [2.45, 2.75) is 19.8 Å². The summed E-state index contributed by atoms with van der Waals surface area (Å²) in [5.74, 6) is -1.50. The van der Waals surface area contributed by atoms with Crippen LogP contribution in [0.2, 0.25) is 5.02 Å². The van der Waals surface area contributed by atoms with Gasteiger partial charge in [-0.25, -0.2) is 4.79 Å². The van der Waals surface area contributed by atoms with Gasteiger partial charge in [-0.2, -0.15) is 0 Å². The van der Waals surface area contributed by atoms with Gasteiger partial charge in [0.25, 0.3) is 0 Å². The SMILES string of the molecule is CC1CC(=O)C=C(c2cc(C(=O)O)c([N+](=O)[O-])c(N)c2Cl)C1. The fourth-order valence-electron chi connectivity index (χ4n) is 2.55. The molecule has 0 spiro atoms. The van der Waals surface area contributed by atoms with E-state index in [1.807, 2.05) is 6.92 Å². The minimum absolute atomic E-state index is 0.0771. The molecule has 1 aliphatic rings. The highest BCUT2D eigenvalue weighted by Gasteiger charge is 2.30. The Morgan fingerprint density at radius 2 is 2.14 bits per heavy atom. The number of aromatic carboxylic acids is 1. The summed E-state index contributed by atoms with van der Waals surface area (Å²) < 4.78 is 0. The summed E-state index contributed by atoms with van der Waals surface area (Å²) in [4.78, 5) is 33.1. The molecular formula is C14H13ClN2O5. The highest BCUT2D eigenvalue weighted by molar-refractivity contribution is 6.36. The summed E-state index contributed by atoms with van der Waals surface area (Å²) in [5.41, 5.74) is 4.75. The van der Waals surface area contributed by atoms with E-state index in [-0.39, 0.29) is 22.3 Å². The van der Waals surface area contributed by atoms with Crippen LogP contribution in [0.15, 0.2) is 12.1 Å². The lowest BCUT2D eigenvalue weighted by atomic mass is 9.85. The van der Waals surface area contributed by atoms with E-state index in [9.17, 15) is 19.7 Å². The summed E-state index contributed by atoms with van der Waals surface area (Å²) in [7, 11) is 0. The number of benzene rings is 1. The standard InChI is InChI=1S/C14H13ClN2O5/c1-6-2-7(4-8(18)3-6)9-5-10(14(19)20)13(17(21)22)12(16)11(9)15/h4-6H,2-3,16H2,1H3,(H,19,20).